The van der Waals surface area contributed by atoms with Gasteiger partial charge in [-0.05, 0) is 54.2 Å². The zero-order chi connectivity index (χ0) is 18.9. The Morgan fingerprint density at radius 3 is 2.08 bits per heavy atom. The van der Waals surface area contributed by atoms with Crippen LogP contribution in [0.3, 0.4) is 0 Å². The molecule has 1 nitrogen and oxygen atoms in total. The Bertz CT molecular complexity index is 627. The van der Waals surface area contributed by atoms with Gasteiger partial charge >= 0.3 is 6.18 Å². The Morgan fingerprint density at radius 2 is 1.58 bits per heavy atom. The number of benzene rings is 1. The highest BCUT2D eigenvalue weighted by atomic mass is 19.4. The summed E-state index contributed by atoms with van der Waals surface area (Å²) < 4.78 is 51.3. The summed E-state index contributed by atoms with van der Waals surface area (Å²) in [5, 5.41) is 0. The summed E-state index contributed by atoms with van der Waals surface area (Å²) in [4.78, 5) is 4.01. The third kappa shape index (κ3) is 6.34. The quantitative estimate of drug-likeness (QED) is 0.493. The fourth-order valence-corrected chi connectivity index (χ4v) is 1.86. The molecule has 1 atom stereocenters. The molecule has 2 aromatic rings. The Balaban J connectivity index is 0.00000123. The van der Waals surface area contributed by atoms with Crippen molar-refractivity contribution in [2.75, 3.05) is 0 Å². The molecule has 2 radical (unpaired) electrons. The van der Waals surface area contributed by atoms with Crippen LogP contribution in [0.5, 0.6) is 0 Å². The van der Waals surface area contributed by atoms with E-state index in [4.69, 9.17) is 7.85 Å². The average molecular weight is 339 g/mol. The van der Waals surface area contributed by atoms with Crippen LogP contribution in [0.15, 0.2) is 36.5 Å². The lowest BCUT2D eigenvalue weighted by Gasteiger charge is -2.15. The maximum Gasteiger partial charge on any atom is 0.416 e. The standard InChI is InChI=1S/C14H10BF4N.2C2H6/c1-8-2-3-20-12(4-8)13(15)9-5-10(14(17,18)19)7-11(16)6-9;2*1-2/h2-7,13H,1H3;2*1-2H3. The zero-order valence-corrected chi connectivity index (χ0v) is 14.6. The monoisotopic (exact) mass is 339 g/mol. The van der Waals surface area contributed by atoms with Crippen LogP contribution < -0.4 is 0 Å². The van der Waals surface area contributed by atoms with Gasteiger partial charge in [0.25, 0.3) is 0 Å². The number of alkyl halides is 3. The summed E-state index contributed by atoms with van der Waals surface area (Å²) in [5.41, 5.74) is 0.243. The van der Waals surface area contributed by atoms with Crippen molar-refractivity contribution in [1.82, 2.24) is 4.98 Å². The van der Waals surface area contributed by atoms with Crippen LogP contribution in [0.25, 0.3) is 0 Å². The van der Waals surface area contributed by atoms with Gasteiger partial charge in [-0.3, -0.25) is 4.98 Å². The molecule has 2 rings (SSSR count). The highest BCUT2D eigenvalue weighted by Crippen LogP contribution is 2.32. The Labute approximate surface area is 142 Å². The van der Waals surface area contributed by atoms with Crippen molar-refractivity contribution in [2.24, 2.45) is 0 Å². The molecule has 130 valence electrons. The molecule has 1 unspecified atom stereocenters. The van der Waals surface area contributed by atoms with Crippen molar-refractivity contribution in [1.29, 1.82) is 0 Å². The topological polar surface area (TPSA) is 12.9 Å². The van der Waals surface area contributed by atoms with Gasteiger partial charge in [-0.2, -0.15) is 13.2 Å². The molecule has 0 aliphatic carbocycles. The number of aromatic nitrogens is 1. The summed E-state index contributed by atoms with van der Waals surface area (Å²) in [6.07, 6.45) is -3.11. The van der Waals surface area contributed by atoms with E-state index in [9.17, 15) is 17.6 Å². The number of rotatable bonds is 2. The third-order valence-electron chi connectivity index (χ3n) is 2.86. The molecule has 24 heavy (non-hydrogen) atoms. The number of hydrogen-bond acceptors (Lipinski definition) is 1. The zero-order valence-electron chi connectivity index (χ0n) is 14.6. The second kappa shape index (κ2) is 10.1. The molecule has 6 heteroatoms. The van der Waals surface area contributed by atoms with Crippen LogP contribution in [0, 0.1) is 12.7 Å². The van der Waals surface area contributed by atoms with Crippen molar-refractivity contribution < 1.29 is 17.6 Å². The molecule has 0 amide bonds. The SMILES string of the molecule is CC.CC.[B]C(c1cc(F)cc(C(F)(F)F)c1)c1cc(C)ccn1. The number of hydrogen-bond donors (Lipinski definition) is 0. The normalized spacial score (nSPS) is 11.5. The Hall–Kier alpha value is -1.85. The lowest BCUT2D eigenvalue weighted by molar-refractivity contribution is -0.137. The molecule has 0 fully saturated rings. The van der Waals surface area contributed by atoms with E-state index in [1.54, 1.807) is 12.1 Å². The van der Waals surface area contributed by atoms with Gasteiger partial charge in [-0.15, -0.1) is 0 Å². The fraction of sp³-hybridized carbons (Fsp3) is 0.389. The van der Waals surface area contributed by atoms with E-state index in [2.05, 4.69) is 4.98 Å². The van der Waals surface area contributed by atoms with E-state index in [1.807, 2.05) is 34.6 Å². The molecule has 1 heterocycles. The van der Waals surface area contributed by atoms with Gasteiger partial charge in [0.1, 0.15) is 5.82 Å². The maximum absolute atomic E-state index is 13.3. The molecule has 0 bridgehead atoms. The fourth-order valence-electron chi connectivity index (χ4n) is 1.86. The van der Waals surface area contributed by atoms with Crippen LogP contribution in [-0.4, -0.2) is 12.8 Å². The second-order valence-electron chi connectivity index (χ2n) is 4.51. The van der Waals surface area contributed by atoms with Gasteiger partial charge in [-0.1, -0.05) is 27.7 Å². The first-order valence-corrected chi connectivity index (χ1v) is 7.83. The Kier molecular flexibility index (Phi) is 9.33. The van der Waals surface area contributed by atoms with Gasteiger partial charge in [0, 0.05) is 11.9 Å². The highest BCUT2D eigenvalue weighted by molar-refractivity contribution is 6.14. The van der Waals surface area contributed by atoms with Crippen molar-refractivity contribution in [3.63, 3.8) is 0 Å². The van der Waals surface area contributed by atoms with Crippen molar-refractivity contribution >= 4 is 7.85 Å². The molecule has 0 aliphatic heterocycles. The number of halogens is 4. The summed E-state index contributed by atoms with van der Waals surface area (Å²) >= 11 is 0. The minimum Gasteiger partial charge on any atom is -0.261 e. The van der Waals surface area contributed by atoms with Gasteiger partial charge in [0.2, 0.25) is 0 Å². The average Bonchev–Trinajstić information content (AvgIpc) is 2.56. The molecular formula is C18H22BF4N. The lowest BCUT2D eigenvalue weighted by Crippen LogP contribution is -2.09. The van der Waals surface area contributed by atoms with Crippen molar-refractivity contribution in [3.05, 3.63) is 64.7 Å². The summed E-state index contributed by atoms with van der Waals surface area (Å²) in [5.74, 6) is -1.88. The molecule has 0 aliphatic rings. The van der Waals surface area contributed by atoms with Gasteiger partial charge in [0.15, 0.2) is 0 Å². The highest BCUT2D eigenvalue weighted by Gasteiger charge is 2.31. The van der Waals surface area contributed by atoms with E-state index in [-0.39, 0.29) is 5.56 Å². The predicted octanol–water partition coefficient (Wildman–Crippen LogP) is 5.86. The molecule has 0 spiro atoms. The van der Waals surface area contributed by atoms with E-state index in [1.165, 1.54) is 6.20 Å². The molecule has 1 aromatic carbocycles. The van der Waals surface area contributed by atoms with Crippen LogP contribution in [0.2, 0.25) is 0 Å². The number of nitrogens with zero attached hydrogens (tertiary/aromatic N) is 1. The van der Waals surface area contributed by atoms with Crippen molar-refractivity contribution in [3.8, 4) is 0 Å². The first-order valence-electron chi connectivity index (χ1n) is 7.83. The lowest BCUT2D eigenvalue weighted by atomic mass is 9.77. The van der Waals surface area contributed by atoms with Crippen LogP contribution in [0.1, 0.15) is 55.9 Å². The second-order valence-corrected chi connectivity index (χ2v) is 4.51. The van der Waals surface area contributed by atoms with Crippen LogP contribution >= 0.6 is 0 Å². The summed E-state index contributed by atoms with van der Waals surface area (Å²) in [6, 6.07) is 5.67. The Morgan fingerprint density at radius 1 is 1.00 bits per heavy atom. The van der Waals surface area contributed by atoms with Crippen LogP contribution in [0.4, 0.5) is 17.6 Å². The maximum atomic E-state index is 13.3. The first kappa shape index (κ1) is 22.2. The molecule has 0 N–H and O–H groups in total. The van der Waals surface area contributed by atoms with E-state index >= 15 is 0 Å². The molecule has 0 saturated heterocycles. The van der Waals surface area contributed by atoms with Crippen molar-refractivity contribution in [2.45, 2.75) is 46.6 Å². The van der Waals surface area contributed by atoms with Gasteiger partial charge < -0.3 is 0 Å². The van der Waals surface area contributed by atoms with Crippen LogP contribution in [-0.2, 0) is 6.18 Å². The molecule has 0 saturated carbocycles. The number of aryl methyl sites for hydroxylation is 1. The van der Waals surface area contributed by atoms with Gasteiger partial charge in [0.05, 0.1) is 13.4 Å². The summed E-state index contributed by atoms with van der Waals surface area (Å²) in [7, 11) is 5.87. The molecule has 1 aromatic heterocycles. The third-order valence-corrected chi connectivity index (χ3v) is 2.86. The van der Waals surface area contributed by atoms with E-state index in [0.29, 0.717) is 11.8 Å². The first-order chi connectivity index (χ1) is 11.3. The summed E-state index contributed by atoms with van der Waals surface area (Å²) in [6.45, 7) is 9.81. The smallest absolute Gasteiger partial charge is 0.261 e. The predicted molar refractivity (Wildman–Crippen MR) is 90.7 cm³/mol. The minimum absolute atomic E-state index is 0.0374. The minimum atomic E-state index is -4.61. The number of pyridine rings is 1. The van der Waals surface area contributed by atoms with E-state index in [0.717, 1.165) is 17.7 Å². The molecular weight excluding hydrogens is 317 g/mol. The largest absolute Gasteiger partial charge is 0.416 e. The van der Waals surface area contributed by atoms with E-state index < -0.39 is 23.4 Å². The van der Waals surface area contributed by atoms with Gasteiger partial charge in [-0.25, -0.2) is 4.39 Å².